The number of benzene rings is 1. The number of aldehydes is 1. The molecule has 0 radical (unpaired) electrons. The zero-order chi connectivity index (χ0) is 10.1. The molecule has 0 aliphatic carbocycles. The van der Waals surface area contributed by atoms with Crippen LogP contribution >= 0.6 is 0 Å². The van der Waals surface area contributed by atoms with Crippen molar-refractivity contribution in [1.29, 1.82) is 0 Å². The minimum Gasteiger partial charge on any atom is -0.440 e. The van der Waals surface area contributed by atoms with Crippen molar-refractivity contribution in [3.8, 4) is 0 Å². The summed E-state index contributed by atoms with van der Waals surface area (Å²) in [7, 11) is 0. The molecule has 0 saturated heterocycles. The molecule has 0 fully saturated rings. The van der Waals surface area contributed by atoms with Gasteiger partial charge in [-0.05, 0) is 12.1 Å². The number of rotatable bonds is 1. The molecule has 1 aromatic heterocycles. The van der Waals surface area contributed by atoms with Crippen molar-refractivity contribution >= 4 is 23.1 Å². The molecular formula is C10H7NO3. The van der Waals surface area contributed by atoms with Crippen LogP contribution in [0, 0.1) is 0 Å². The molecule has 0 aliphatic rings. The highest BCUT2D eigenvalue weighted by Crippen LogP contribution is 2.15. The fourth-order valence-electron chi connectivity index (χ4n) is 1.29. The van der Waals surface area contributed by atoms with E-state index < -0.39 is 0 Å². The Bertz CT molecular complexity index is 557. The van der Waals surface area contributed by atoms with Crippen molar-refractivity contribution in [2.75, 3.05) is 5.73 Å². The summed E-state index contributed by atoms with van der Waals surface area (Å²) in [5, 5.41) is 0.365. The van der Waals surface area contributed by atoms with Gasteiger partial charge in [-0.25, -0.2) is 0 Å². The Hall–Kier alpha value is -2.10. The first-order valence-corrected chi connectivity index (χ1v) is 4.00. The van der Waals surface area contributed by atoms with Gasteiger partial charge in [0.15, 0.2) is 6.29 Å². The maximum absolute atomic E-state index is 11.6. The van der Waals surface area contributed by atoms with E-state index >= 15 is 0 Å². The van der Waals surface area contributed by atoms with Crippen LogP contribution in [0.2, 0.25) is 0 Å². The minimum absolute atomic E-state index is 0.122. The van der Waals surface area contributed by atoms with Gasteiger partial charge in [-0.2, -0.15) is 0 Å². The van der Waals surface area contributed by atoms with Gasteiger partial charge in [0.2, 0.25) is 11.3 Å². The third kappa shape index (κ3) is 1.08. The third-order valence-electron chi connectivity index (χ3n) is 1.98. The molecule has 70 valence electrons. The average molecular weight is 189 g/mol. The molecular weight excluding hydrogens is 182 g/mol. The van der Waals surface area contributed by atoms with E-state index in [2.05, 4.69) is 0 Å². The standard InChI is InChI=1S/C10H7NO3/c11-10-7(5-12)9(13)6-3-1-2-4-8(6)14-10/h1-5H,11H2. The number of nitrogen functional groups attached to an aromatic ring is 1. The van der Waals surface area contributed by atoms with E-state index in [9.17, 15) is 9.59 Å². The number of anilines is 1. The summed E-state index contributed by atoms with van der Waals surface area (Å²) in [6.07, 6.45) is 0.410. The lowest BCUT2D eigenvalue weighted by Crippen LogP contribution is -2.11. The maximum atomic E-state index is 11.6. The third-order valence-corrected chi connectivity index (χ3v) is 1.98. The van der Waals surface area contributed by atoms with Gasteiger partial charge in [0.1, 0.15) is 11.1 Å². The predicted octanol–water partition coefficient (Wildman–Crippen LogP) is 1.19. The molecule has 14 heavy (non-hydrogen) atoms. The van der Waals surface area contributed by atoms with Crippen molar-refractivity contribution in [1.82, 2.24) is 0 Å². The molecule has 0 spiro atoms. The van der Waals surface area contributed by atoms with Crippen molar-refractivity contribution in [2.24, 2.45) is 0 Å². The Morgan fingerprint density at radius 2 is 2.00 bits per heavy atom. The van der Waals surface area contributed by atoms with Gasteiger partial charge >= 0.3 is 0 Å². The van der Waals surface area contributed by atoms with E-state index in [1.807, 2.05) is 0 Å². The van der Waals surface area contributed by atoms with Crippen LogP contribution in [0.25, 0.3) is 11.0 Å². The fourth-order valence-corrected chi connectivity index (χ4v) is 1.29. The molecule has 2 rings (SSSR count). The summed E-state index contributed by atoms with van der Waals surface area (Å²) in [5.74, 6) is -0.135. The molecule has 0 saturated carbocycles. The molecule has 0 unspecified atom stereocenters. The Morgan fingerprint density at radius 3 is 2.71 bits per heavy atom. The van der Waals surface area contributed by atoms with Gasteiger partial charge in [0, 0.05) is 0 Å². The van der Waals surface area contributed by atoms with Crippen LogP contribution in [0.15, 0.2) is 33.5 Å². The summed E-state index contributed by atoms with van der Waals surface area (Å²) in [5.41, 5.74) is 5.28. The van der Waals surface area contributed by atoms with Gasteiger partial charge in [-0.1, -0.05) is 12.1 Å². The minimum atomic E-state index is -0.389. The van der Waals surface area contributed by atoms with E-state index in [-0.39, 0.29) is 16.9 Å². The molecule has 0 atom stereocenters. The SMILES string of the molecule is Nc1oc2ccccc2c(=O)c1C=O. The zero-order valence-corrected chi connectivity index (χ0v) is 7.19. The van der Waals surface area contributed by atoms with Gasteiger partial charge in [0.25, 0.3) is 0 Å². The quantitative estimate of drug-likeness (QED) is 0.684. The number of hydrogen-bond acceptors (Lipinski definition) is 4. The summed E-state index contributed by atoms with van der Waals surface area (Å²) >= 11 is 0. The van der Waals surface area contributed by atoms with Crippen LogP contribution in [0.1, 0.15) is 10.4 Å². The van der Waals surface area contributed by atoms with Crippen molar-refractivity contribution in [2.45, 2.75) is 0 Å². The first-order valence-electron chi connectivity index (χ1n) is 4.00. The number of nitrogens with two attached hydrogens (primary N) is 1. The second-order valence-electron chi connectivity index (χ2n) is 2.82. The van der Waals surface area contributed by atoms with Crippen LogP contribution in [0.3, 0.4) is 0 Å². The lowest BCUT2D eigenvalue weighted by Gasteiger charge is -1.99. The topological polar surface area (TPSA) is 73.3 Å². The maximum Gasteiger partial charge on any atom is 0.205 e. The molecule has 0 bridgehead atoms. The normalized spacial score (nSPS) is 10.3. The average Bonchev–Trinajstić information content (AvgIpc) is 2.18. The second kappa shape index (κ2) is 2.99. The molecule has 1 aromatic carbocycles. The van der Waals surface area contributed by atoms with E-state index in [4.69, 9.17) is 10.2 Å². The fraction of sp³-hybridized carbons (Fsp3) is 0. The van der Waals surface area contributed by atoms with Crippen molar-refractivity contribution in [3.05, 3.63) is 40.1 Å². The lowest BCUT2D eigenvalue weighted by atomic mass is 10.2. The van der Waals surface area contributed by atoms with Crippen LogP contribution in [-0.2, 0) is 0 Å². The second-order valence-corrected chi connectivity index (χ2v) is 2.82. The van der Waals surface area contributed by atoms with Gasteiger partial charge in [-0.15, -0.1) is 0 Å². The molecule has 2 N–H and O–H groups in total. The summed E-state index contributed by atoms with van der Waals surface area (Å²) in [6.45, 7) is 0. The highest BCUT2D eigenvalue weighted by Gasteiger charge is 2.09. The molecule has 1 heterocycles. The monoisotopic (exact) mass is 189 g/mol. The molecule has 4 heteroatoms. The number of carbonyl (C=O) groups excluding carboxylic acids is 1. The number of carbonyl (C=O) groups is 1. The lowest BCUT2D eigenvalue weighted by molar-refractivity contribution is 0.112. The summed E-state index contributed by atoms with van der Waals surface area (Å²) < 4.78 is 5.11. The van der Waals surface area contributed by atoms with E-state index in [0.717, 1.165) is 0 Å². The highest BCUT2D eigenvalue weighted by atomic mass is 16.3. The van der Waals surface area contributed by atoms with Crippen LogP contribution in [-0.4, -0.2) is 6.29 Å². The molecule has 2 aromatic rings. The van der Waals surface area contributed by atoms with Crippen molar-refractivity contribution in [3.63, 3.8) is 0 Å². The van der Waals surface area contributed by atoms with Crippen LogP contribution in [0.4, 0.5) is 5.88 Å². The zero-order valence-electron chi connectivity index (χ0n) is 7.19. The Kier molecular flexibility index (Phi) is 1.81. The Morgan fingerprint density at radius 1 is 1.29 bits per heavy atom. The number of para-hydroxylation sites is 1. The van der Waals surface area contributed by atoms with Crippen LogP contribution in [0.5, 0.6) is 0 Å². The van der Waals surface area contributed by atoms with Gasteiger partial charge in [0.05, 0.1) is 5.39 Å². The highest BCUT2D eigenvalue weighted by molar-refractivity contribution is 5.88. The predicted molar refractivity (Wildman–Crippen MR) is 52.3 cm³/mol. The van der Waals surface area contributed by atoms with Gasteiger partial charge in [-0.3, -0.25) is 9.59 Å². The van der Waals surface area contributed by atoms with Crippen LogP contribution < -0.4 is 11.2 Å². The number of hydrogen-bond donors (Lipinski definition) is 1. The Labute approximate surface area is 78.9 Å². The van der Waals surface area contributed by atoms with E-state index in [1.54, 1.807) is 24.3 Å². The molecule has 0 aliphatic heterocycles. The van der Waals surface area contributed by atoms with Gasteiger partial charge < -0.3 is 10.2 Å². The summed E-state index contributed by atoms with van der Waals surface area (Å²) in [4.78, 5) is 22.2. The van der Waals surface area contributed by atoms with E-state index in [1.165, 1.54) is 0 Å². The number of fused-ring (bicyclic) bond motifs is 1. The smallest absolute Gasteiger partial charge is 0.205 e. The first kappa shape index (κ1) is 8.50. The molecule has 4 nitrogen and oxygen atoms in total. The summed E-state index contributed by atoms with van der Waals surface area (Å²) in [6, 6.07) is 6.64. The Balaban J connectivity index is 3.00. The van der Waals surface area contributed by atoms with Crippen molar-refractivity contribution < 1.29 is 9.21 Å². The first-order chi connectivity index (χ1) is 6.74. The molecule has 0 amide bonds. The largest absolute Gasteiger partial charge is 0.440 e. The van der Waals surface area contributed by atoms with E-state index in [0.29, 0.717) is 17.3 Å².